The van der Waals surface area contributed by atoms with Gasteiger partial charge in [0.25, 0.3) is 0 Å². The smallest absolute Gasteiger partial charge is 0.337 e. The van der Waals surface area contributed by atoms with Gasteiger partial charge in [-0.15, -0.1) is 0 Å². The average molecular weight is 460 g/mol. The fraction of sp³-hybridized carbons (Fsp3) is 0.259. The Bertz CT molecular complexity index is 1160. The van der Waals surface area contributed by atoms with Gasteiger partial charge < -0.3 is 24.3 Å². The summed E-state index contributed by atoms with van der Waals surface area (Å²) in [4.78, 5) is 29.4. The molecule has 1 aromatic heterocycles. The molecule has 0 radical (unpaired) electrons. The molecule has 34 heavy (non-hydrogen) atoms. The maximum absolute atomic E-state index is 12.8. The van der Waals surface area contributed by atoms with E-state index in [1.165, 1.54) is 13.2 Å². The molecule has 1 aliphatic heterocycles. The molecule has 1 amide bonds. The molecule has 7 nitrogen and oxygen atoms in total. The lowest BCUT2D eigenvalue weighted by molar-refractivity contribution is -0.111. The number of hydrogen-bond donors (Lipinski definition) is 1. The molecule has 2 heterocycles. The molecular weight excluding hydrogens is 430 g/mol. The molecule has 0 aliphatic carbocycles. The van der Waals surface area contributed by atoms with Gasteiger partial charge in [-0.3, -0.25) is 4.79 Å². The van der Waals surface area contributed by atoms with Gasteiger partial charge in [0.2, 0.25) is 5.91 Å². The summed E-state index contributed by atoms with van der Waals surface area (Å²) >= 11 is 0. The van der Waals surface area contributed by atoms with E-state index in [0.717, 1.165) is 49.7 Å². The van der Waals surface area contributed by atoms with Crippen molar-refractivity contribution in [3.8, 4) is 11.3 Å². The lowest BCUT2D eigenvalue weighted by atomic mass is 10.1. The topological polar surface area (TPSA) is 75.0 Å². The van der Waals surface area contributed by atoms with Crippen LogP contribution in [0, 0.1) is 0 Å². The summed E-state index contributed by atoms with van der Waals surface area (Å²) in [5.74, 6) is 0.554. The maximum atomic E-state index is 12.8. The number of benzene rings is 2. The molecule has 0 bridgehead atoms. The van der Waals surface area contributed by atoms with Crippen LogP contribution < -0.4 is 10.2 Å². The third-order valence-corrected chi connectivity index (χ3v) is 5.92. The van der Waals surface area contributed by atoms with Crippen molar-refractivity contribution < 1.29 is 18.7 Å². The van der Waals surface area contributed by atoms with E-state index >= 15 is 0 Å². The number of esters is 1. The van der Waals surface area contributed by atoms with Gasteiger partial charge in [0, 0.05) is 37.8 Å². The maximum Gasteiger partial charge on any atom is 0.337 e. The number of carbonyl (C=O) groups is 2. The zero-order chi connectivity index (χ0) is 23.9. The van der Waals surface area contributed by atoms with E-state index in [1.54, 1.807) is 18.2 Å². The highest BCUT2D eigenvalue weighted by molar-refractivity contribution is 6.04. The Morgan fingerprint density at radius 3 is 2.50 bits per heavy atom. The van der Waals surface area contributed by atoms with Crippen LogP contribution in [0.1, 0.15) is 23.0 Å². The van der Waals surface area contributed by atoms with Crippen molar-refractivity contribution >= 4 is 29.3 Å². The van der Waals surface area contributed by atoms with E-state index in [2.05, 4.69) is 22.0 Å². The first kappa shape index (κ1) is 23.3. The first-order chi connectivity index (χ1) is 16.6. The molecule has 1 saturated heterocycles. The number of piperazine rings is 1. The minimum atomic E-state index is -0.447. The fourth-order valence-corrected chi connectivity index (χ4v) is 3.99. The summed E-state index contributed by atoms with van der Waals surface area (Å²) in [6.07, 6.45) is 3.06. The first-order valence-corrected chi connectivity index (χ1v) is 11.4. The predicted molar refractivity (Wildman–Crippen MR) is 134 cm³/mol. The largest absolute Gasteiger partial charge is 0.465 e. The number of furan rings is 1. The van der Waals surface area contributed by atoms with Crippen molar-refractivity contribution in [1.82, 2.24) is 4.90 Å². The highest BCUT2D eigenvalue weighted by atomic mass is 16.5. The third-order valence-electron chi connectivity index (χ3n) is 5.92. The molecule has 0 saturated carbocycles. The molecule has 176 valence electrons. The average Bonchev–Trinajstić information content (AvgIpc) is 3.37. The van der Waals surface area contributed by atoms with Gasteiger partial charge in [0.1, 0.15) is 11.5 Å². The van der Waals surface area contributed by atoms with Crippen LogP contribution in [0.2, 0.25) is 0 Å². The van der Waals surface area contributed by atoms with Crippen molar-refractivity contribution in [3.63, 3.8) is 0 Å². The molecule has 0 spiro atoms. The summed E-state index contributed by atoms with van der Waals surface area (Å²) in [7, 11) is 1.34. The monoisotopic (exact) mass is 459 g/mol. The van der Waals surface area contributed by atoms with Crippen LogP contribution in [0.25, 0.3) is 17.4 Å². The van der Waals surface area contributed by atoms with Crippen molar-refractivity contribution in [2.75, 3.05) is 50.1 Å². The third kappa shape index (κ3) is 5.55. The Balaban J connectivity index is 1.50. The zero-order valence-corrected chi connectivity index (χ0v) is 19.5. The summed E-state index contributed by atoms with van der Waals surface area (Å²) < 4.78 is 10.7. The summed E-state index contributed by atoms with van der Waals surface area (Å²) in [6, 6.07) is 18.7. The first-order valence-electron chi connectivity index (χ1n) is 11.4. The number of rotatable bonds is 7. The highest BCUT2D eigenvalue weighted by Crippen LogP contribution is 2.29. The van der Waals surface area contributed by atoms with Gasteiger partial charge in [-0.05, 0) is 43.0 Å². The summed E-state index contributed by atoms with van der Waals surface area (Å²) in [6.45, 7) is 6.76. The molecule has 4 rings (SSSR count). The molecule has 3 aromatic rings. The predicted octanol–water partition coefficient (Wildman–Crippen LogP) is 4.53. The standard InChI is InChI=1S/C27H29N3O4/c1-3-29-15-17-30(18-16-29)24-12-9-21(27(32)33-2)19-23(24)28-26(31)14-11-22-10-13-25(34-22)20-7-5-4-6-8-20/h4-14,19H,3,15-18H2,1-2H3,(H,28,31)/b14-11+. The van der Waals surface area contributed by atoms with E-state index in [1.807, 2.05) is 48.5 Å². The minimum Gasteiger partial charge on any atom is -0.465 e. The number of nitrogens with zero attached hydrogens (tertiary/aromatic N) is 2. The van der Waals surface area contributed by atoms with Crippen LogP contribution in [0.5, 0.6) is 0 Å². The second-order valence-electron chi connectivity index (χ2n) is 8.04. The van der Waals surface area contributed by atoms with E-state index in [-0.39, 0.29) is 5.91 Å². The number of anilines is 2. The molecule has 0 unspecified atom stereocenters. The van der Waals surface area contributed by atoms with Gasteiger partial charge in [0.15, 0.2) is 0 Å². The van der Waals surface area contributed by atoms with E-state index in [4.69, 9.17) is 9.15 Å². The molecule has 0 atom stereocenters. The van der Waals surface area contributed by atoms with Gasteiger partial charge in [-0.25, -0.2) is 4.79 Å². The molecule has 7 heteroatoms. The normalized spacial score (nSPS) is 14.4. The van der Waals surface area contributed by atoms with E-state index < -0.39 is 5.97 Å². The van der Waals surface area contributed by atoms with Crippen LogP contribution in [-0.2, 0) is 9.53 Å². The molecular formula is C27H29N3O4. The number of nitrogens with one attached hydrogen (secondary N) is 1. The summed E-state index contributed by atoms with van der Waals surface area (Å²) in [5.41, 5.74) is 2.82. The van der Waals surface area contributed by atoms with Crippen molar-refractivity contribution in [3.05, 3.63) is 78.1 Å². The molecule has 1 fully saturated rings. The SMILES string of the molecule is CCN1CCN(c2ccc(C(=O)OC)cc2NC(=O)/C=C/c2ccc(-c3ccccc3)o2)CC1. The molecule has 2 aromatic carbocycles. The van der Waals surface area contributed by atoms with Crippen LogP contribution >= 0.6 is 0 Å². The summed E-state index contributed by atoms with van der Waals surface area (Å²) in [5, 5.41) is 2.93. The van der Waals surface area contributed by atoms with Gasteiger partial charge >= 0.3 is 5.97 Å². The second kappa shape index (κ2) is 10.9. The lowest BCUT2D eigenvalue weighted by Gasteiger charge is -2.36. The van der Waals surface area contributed by atoms with Gasteiger partial charge in [-0.2, -0.15) is 0 Å². The van der Waals surface area contributed by atoms with E-state index in [9.17, 15) is 9.59 Å². The minimum absolute atomic E-state index is 0.312. The second-order valence-corrected chi connectivity index (χ2v) is 8.04. The highest BCUT2D eigenvalue weighted by Gasteiger charge is 2.20. The van der Waals surface area contributed by atoms with Gasteiger partial charge in [0.05, 0.1) is 24.0 Å². The molecule has 1 N–H and O–H groups in total. The number of ether oxygens (including phenoxy) is 1. The zero-order valence-electron chi connectivity index (χ0n) is 19.5. The van der Waals surface area contributed by atoms with Crippen molar-refractivity contribution in [2.45, 2.75) is 6.92 Å². The Hall–Kier alpha value is -3.84. The van der Waals surface area contributed by atoms with Crippen LogP contribution in [0.4, 0.5) is 11.4 Å². The Kier molecular flexibility index (Phi) is 7.44. The number of methoxy groups -OCH3 is 1. The van der Waals surface area contributed by atoms with Gasteiger partial charge in [-0.1, -0.05) is 37.3 Å². The molecule has 1 aliphatic rings. The van der Waals surface area contributed by atoms with Crippen molar-refractivity contribution in [1.29, 1.82) is 0 Å². The number of carbonyl (C=O) groups excluding carboxylic acids is 2. The van der Waals surface area contributed by atoms with Crippen LogP contribution in [0.15, 0.2) is 71.2 Å². The Labute approximate surface area is 199 Å². The van der Waals surface area contributed by atoms with Crippen LogP contribution in [0.3, 0.4) is 0 Å². The lowest BCUT2D eigenvalue weighted by Crippen LogP contribution is -2.46. The Morgan fingerprint density at radius 2 is 1.79 bits per heavy atom. The van der Waals surface area contributed by atoms with Crippen molar-refractivity contribution in [2.24, 2.45) is 0 Å². The van der Waals surface area contributed by atoms with Crippen LogP contribution in [-0.4, -0.2) is 56.6 Å². The van der Waals surface area contributed by atoms with E-state index in [0.29, 0.717) is 17.0 Å². The fourth-order valence-electron chi connectivity index (χ4n) is 3.99. The quantitative estimate of drug-likeness (QED) is 0.413. The number of amides is 1. The Morgan fingerprint density at radius 1 is 1.03 bits per heavy atom. The number of likely N-dealkylation sites (N-methyl/N-ethyl adjacent to an activating group) is 1. The number of hydrogen-bond acceptors (Lipinski definition) is 6.